The van der Waals surface area contributed by atoms with Crippen LogP contribution in [-0.4, -0.2) is 88.8 Å². The molecule has 1 aliphatic rings. The molecule has 1 atom stereocenters. The fraction of sp³-hybridized carbons (Fsp3) is 0.364. The monoisotopic (exact) mass is 505 g/mol. The Bertz CT molecular complexity index is 1310. The summed E-state index contributed by atoms with van der Waals surface area (Å²) in [5.74, 6) is -1.84. The zero-order valence-corrected chi connectivity index (χ0v) is 20.0. The fourth-order valence-corrected chi connectivity index (χ4v) is 4.84. The Morgan fingerprint density at radius 2 is 1.86 bits per heavy atom. The first-order valence-electron chi connectivity index (χ1n) is 10.9. The Morgan fingerprint density at radius 1 is 1.11 bits per heavy atom. The first-order chi connectivity index (χ1) is 16.6. The molecule has 1 fully saturated rings. The zero-order chi connectivity index (χ0) is 25.2. The molecule has 0 bridgehead atoms. The van der Waals surface area contributed by atoms with Gasteiger partial charge in [0.25, 0.3) is 5.91 Å². The number of carbonyl (C=O) groups excluding carboxylic acids is 1. The molecule has 35 heavy (non-hydrogen) atoms. The number of carbonyl (C=O) groups is 1. The van der Waals surface area contributed by atoms with E-state index >= 15 is 0 Å². The molecule has 0 radical (unpaired) electrons. The van der Waals surface area contributed by atoms with Gasteiger partial charge in [-0.05, 0) is 53.2 Å². The van der Waals surface area contributed by atoms with E-state index < -0.39 is 21.7 Å². The lowest BCUT2D eigenvalue weighted by molar-refractivity contribution is 0.0922. The first kappa shape index (κ1) is 24.8. The van der Waals surface area contributed by atoms with Crippen LogP contribution in [0, 0.1) is 11.6 Å². The topological polar surface area (TPSA) is 113 Å². The van der Waals surface area contributed by atoms with Crippen molar-refractivity contribution in [1.82, 2.24) is 34.7 Å². The van der Waals surface area contributed by atoms with Crippen LogP contribution in [0.25, 0.3) is 16.8 Å². The Hall–Kier alpha value is -3.29. The van der Waals surface area contributed by atoms with Crippen molar-refractivity contribution < 1.29 is 22.0 Å². The van der Waals surface area contributed by atoms with Crippen LogP contribution in [-0.2, 0) is 10.0 Å². The number of benzene rings is 2. The lowest BCUT2D eigenvalue weighted by Gasteiger charge is -2.34. The van der Waals surface area contributed by atoms with Crippen LogP contribution in [0.4, 0.5) is 8.78 Å². The summed E-state index contributed by atoms with van der Waals surface area (Å²) in [6, 6.07) is 7.70. The van der Waals surface area contributed by atoms with Crippen LogP contribution in [0.15, 0.2) is 42.7 Å². The summed E-state index contributed by atoms with van der Waals surface area (Å²) < 4.78 is 54.1. The van der Waals surface area contributed by atoms with Gasteiger partial charge in [0.1, 0.15) is 18.0 Å². The lowest BCUT2D eigenvalue weighted by Crippen LogP contribution is -2.51. The van der Waals surface area contributed by atoms with Crippen LogP contribution in [0.3, 0.4) is 0 Å². The van der Waals surface area contributed by atoms with Crippen molar-refractivity contribution in [1.29, 1.82) is 0 Å². The molecule has 186 valence electrons. The molecule has 3 aromatic rings. The van der Waals surface area contributed by atoms with E-state index in [4.69, 9.17) is 0 Å². The normalized spacial score (nSPS) is 16.2. The summed E-state index contributed by atoms with van der Waals surface area (Å²) >= 11 is 0. The van der Waals surface area contributed by atoms with Crippen LogP contribution >= 0.6 is 0 Å². The quantitative estimate of drug-likeness (QED) is 0.515. The number of hydrogen-bond donors (Lipinski definition) is 1. The number of tetrazole rings is 1. The van der Waals surface area contributed by atoms with E-state index in [9.17, 15) is 22.0 Å². The molecule has 2 heterocycles. The van der Waals surface area contributed by atoms with Gasteiger partial charge in [-0.15, -0.1) is 5.10 Å². The minimum Gasteiger partial charge on any atom is -0.348 e. The molecule has 1 unspecified atom stereocenters. The molecule has 1 amide bonds. The number of piperazine rings is 1. The number of aromatic nitrogens is 4. The van der Waals surface area contributed by atoms with Crippen LogP contribution in [0.5, 0.6) is 0 Å². The fourth-order valence-electron chi connectivity index (χ4n) is 4.02. The van der Waals surface area contributed by atoms with E-state index in [1.807, 2.05) is 6.92 Å². The van der Waals surface area contributed by atoms with Crippen molar-refractivity contribution >= 4 is 15.9 Å². The largest absolute Gasteiger partial charge is 0.348 e. The third-order valence-corrected chi connectivity index (χ3v) is 7.05. The van der Waals surface area contributed by atoms with Gasteiger partial charge in [-0.3, -0.25) is 9.69 Å². The average molecular weight is 506 g/mol. The van der Waals surface area contributed by atoms with Crippen molar-refractivity contribution in [2.24, 2.45) is 0 Å². The molecule has 13 heteroatoms. The van der Waals surface area contributed by atoms with Gasteiger partial charge in [-0.2, -0.15) is 4.31 Å². The predicted octanol–water partition coefficient (Wildman–Crippen LogP) is 1.30. The summed E-state index contributed by atoms with van der Waals surface area (Å²) in [7, 11) is -3.21. The Labute approximate surface area is 201 Å². The zero-order valence-electron chi connectivity index (χ0n) is 19.2. The third kappa shape index (κ3) is 6.05. The minimum absolute atomic E-state index is 0.132. The number of hydrogen-bond acceptors (Lipinski definition) is 7. The second-order valence-corrected chi connectivity index (χ2v) is 10.5. The summed E-state index contributed by atoms with van der Waals surface area (Å²) in [5, 5.41) is 14.0. The average Bonchev–Trinajstić information content (AvgIpc) is 3.33. The van der Waals surface area contributed by atoms with Crippen molar-refractivity contribution in [3.05, 3.63) is 59.9 Å². The molecule has 4 rings (SSSR count). The molecular formula is C22H25F2N7O3S. The van der Waals surface area contributed by atoms with Crippen molar-refractivity contribution in [2.45, 2.75) is 13.0 Å². The highest BCUT2D eigenvalue weighted by atomic mass is 32.2. The highest BCUT2D eigenvalue weighted by molar-refractivity contribution is 7.88. The van der Waals surface area contributed by atoms with Gasteiger partial charge in [0.15, 0.2) is 0 Å². The number of amides is 1. The second-order valence-electron chi connectivity index (χ2n) is 8.48. The van der Waals surface area contributed by atoms with E-state index in [2.05, 4.69) is 25.7 Å². The summed E-state index contributed by atoms with van der Waals surface area (Å²) in [6.07, 6.45) is 2.54. The summed E-state index contributed by atoms with van der Waals surface area (Å²) in [6.45, 7) is 4.33. The second kappa shape index (κ2) is 10.1. The molecule has 0 spiro atoms. The molecule has 1 saturated heterocycles. The van der Waals surface area contributed by atoms with E-state index in [1.165, 1.54) is 33.7 Å². The van der Waals surface area contributed by atoms with Crippen molar-refractivity contribution in [3.63, 3.8) is 0 Å². The molecule has 1 N–H and O–H groups in total. The van der Waals surface area contributed by atoms with Gasteiger partial charge in [-0.25, -0.2) is 21.9 Å². The van der Waals surface area contributed by atoms with Gasteiger partial charge in [0, 0.05) is 56.0 Å². The Kier molecular flexibility index (Phi) is 7.19. The maximum Gasteiger partial charge on any atom is 0.251 e. The van der Waals surface area contributed by atoms with Gasteiger partial charge in [0.05, 0.1) is 11.9 Å². The predicted molar refractivity (Wildman–Crippen MR) is 124 cm³/mol. The highest BCUT2D eigenvalue weighted by Gasteiger charge is 2.24. The molecule has 0 saturated carbocycles. The molecule has 0 aliphatic carbocycles. The standard InChI is InChI=1S/C22H25F2N7O3S/c1-15(13-29-5-7-30(8-6-29)35(2,33)34)26-22(32)17-9-16(20-4-3-18(23)12-21(20)24)10-19(11-17)31-14-25-27-28-31/h3-4,9-12,14-15H,5-8,13H2,1-2H3,(H,26,32). The van der Waals surface area contributed by atoms with Crippen LogP contribution in [0.2, 0.25) is 0 Å². The van der Waals surface area contributed by atoms with E-state index in [-0.39, 0.29) is 23.1 Å². The van der Waals surface area contributed by atoms with Crippen LogP contribution in [0.1, 0.15) is 17.3 Å². The van der Waals surface area contributed by atoms with Gasteiger partial charge in [0.2, 0.25) is 10.0 Å². The SMILES string of the molecule is CC(CN1CCN(S(C)(=O)=O)CC1)NC(=O)c1cc(-c2ccc(F)cc2F)cc(-n2cnnn2)c1. The van der Waals surface area contributed by atoms with Gasteiger partial charge in [-0.1, -0.05) is 0 Å². The van der Waals surface area contributed by atoms with Crippen molar-refractivity contribution in [3.8, 4) is 16.8 Å². The van der Waals surface area contributed by atoms with Gasteiger partial charge >= 0.3 is 0 Å². The van der Waals surface area contributed by atoms with E-state index in [1.54, 1.807) is 12.1 Å². The minimum atomic E-state index is -3.21. The van der Waals surface area contributed by atoms with Gasteiger partial charge < -0.3 is 5.32 Å². The Balaban J connectivity index is 1.51. The van der Waals surface area contributed by atoms with E-state index in [0.29, 0.717) is 44.0 Å². The summed E-state index contributed by atoms with van der Waals surface area (Å²) in [5.41, 5.74) is 1.19. The first-order valence-corrected chi connectivity index (χ1v) is 12.8. The highest BCUT2D eigenvalue weighted by Crippen LogP contribution is 2.27. The summed E-state index contributed by atoms with van der Waals surface area (Å²) in [4.78, 5) is 15.2. The number of nitrogens with one attached hydrogen (secondary N) is 1. The van der Waals surface area contributed by atoms with Crippen molar-refractivity contribution in [2.75, 3.05) is 39.0 Å². The molecule has 1 aliphatic heterocycles. The smallest absolute Gasteiger partial charge is 0.251 e. The molecule has 1 aromatic heterocycles. The number of sulfonamides is 1. The molecular weight excluding hydrogens is 480 g/mol. The Morgan fingerprint density at radius 3 is 2.49 bits per heavy atom. The molecule has 2 aromatic carbocycles. The maximum atomic E-state index is 14.5. The number of rotatable bonds is 7. The lowest BCUT2D eigenvalue weighted by atomic mass is 10.0. The molecule has 10 nitrogen and oxygen atoms in total. The third-order valence-electron chi connectivity index (χ3n) is 5.75. The number of nitrogens with zero attached hydrogens (tertiary/aromatic N) is 6. The van der Waals surface area contributed by atoms with Crippen LogP contribution < -0.4 is 5.32 Å². The maximum absolute atomic E-state index is 14.5. The van der Waals surface area contributed by atoms with E-state index in [0.717, 1.165) is 12.1 Å². The number of halogens is 2.